The fourth-order valence-corrected chi connectivity index (χ4v) is 2.76. The Hall–Kier alpha value is -2.03. The largest absolute Gasteiger partial charge is 0.480 e. The standard InChI is InChI=1S/C9H9N3O5S/c13-8(5-1-2-7(10-5)12(16)17)11-4-18-3-6(11)9(14)15/h1-2,6,10H,3-4H2,(H,14,15). The molecule has 0 spiro atoms. The number of nitrogens with zero attached hydrogens (tertiary/aromatic N) is 2. The lowest BCUT2D eigenvalue weighted by molar-refractivity contribution is -0.389. The van der Waals surface area contributed by atoms with E-state index < -0.39 is 22.8 Å². The van der Waals surface area contributed by atoms with Gasteiger partial charge in [-0.3, -0.25) is 4.79 Å². The van der Waals surface area contributed by atoms with Gasteiger partial charge in [0.05, 0.1) is 5.88 Å². The van der Waals surface area contributed by atoms with Crippen molar-refractivity contribution >= 4 is 29.5 Å². The monoisotopic (exact) mass is 271 g/mol. The number of thioether (sulfide) groups is 1. The van der Waals surface area contributed by atoms with Gasteiger partial charge >= 0.3 is 11.8 Å². The number of aromatic nitrogens is 1. The molecule has 1 aliphatic rings. The van der Waals surface area contributed by atoms with E-state index in [2.05, 4.69) is 4.98 Å². The van der Waals surface area contributed by atoms with E-state index in [-0.39, 0.29) is 17.4 Å². The van der Waals surface area contributed by atoms with E-state index in [4.69, 9.17) is 5.11 Å². The van der Waals surface area contributed by atoms with Gasteiger partial charge in [0.25, 0.3) is 5.91 Å². The molecule has 9 heteroatoms. The van der Waals surface area contributed by atoms with Crippen LogP contribution in [0.5, 0.6) is 0 Å². The van der Waals surface area contributed by atoms with Crippen molar-refractivity contribution in [1.29, 1.82) is 0 Å². The summed E-state index contributed by atoms with van der Waals surface area (Å²) in [6.07, 6.45) is 0. The van der Waals surface area contributed by atoms with E-state index in [0.717, 1.165) is 0 Å². The highest BCUT2D eigenvalue weighted by Gasteiger charge is 2.36. The van der Waals surface area contributed by atoms with Crippen molar-refractivity contribution in [3.63, 3.8) is 0 Å². The Balaban J connectivity index is 2.20. The third-order valence-electron chi connectivity index (χ3n) is 2.53. The van der Waals surface area contributed by atoms with Gasteiger partial charge in [-0.2, -0.15) is 0 Å². The Morgan fingerprint density at radius 2 is 2.28 bits per heavy atom. The van der Waals surface area contributed by atoms with Crippen molar-refractivity contribution in [3.8, 4) is 0 Å². The number of amides is 1. The molecule has 1 saturated heterocycles. The van der Waals surface area contributed by atoms with Gasteiger partial charge < -0.3 is 20.1 Å². The number of nitrogens with one attached hydrogen (secondary N) is 1. The number of hydrogen-bond donors (Lipinski definition) is 2. The predicted molar refractivity (Wildman–Crippen MR) is 62.4 cm³/mol. The molecule has 0 radical (unpaired) electrons. The van der Waals surface area contributed by atoms with Crippen LogP contribution in [0, 0.1) is 10.1 Å². The minimum Gasteiger partial charge on any atom is -0.480 e. The number of H-pyrrole nitrogens is 1. The minimum absolute atomic E-state index is 0.0236. The Bertz CT molecular complexity index is 514. The summed E-state index contributed by atoms with van der Waals surface area (Å²) >= 11 is 1.33. The van der Waals surface area contributed by atoms with Gasteiger partial charge in [0.15, 0.2) is 5.69 Å². The van der Waals surface area contributed by atoms with Gasteiger partial charge in [0.2, 0.25) is 0 Å². The Labute approximate surface area is 105 Å². The second-order valence-electron chi connectivity index (χ2n) is 3.64. The Morgan fingerprint density at radius 3 is 2.83 bits per heavy atom. The molecule has 1 unspecified atom stereocenters. The van der Waals surface area contributed by atoms with E-state index in [1.807, 2.05) is 0 Å². The topological polar surface area (TPSA) is 117 Å². The fraction of sp³-hybridized carbons (Fsp3) is 0.333. The molecule has 1 atom stereocenters. The maximum absolute atomic E-state index is 12.0. The van der Waals surface area contributed by atoms with Crippen LogP contribution < -0.4 is 0 Å². The zero-order valence-corrected chi connectivity index (χ0v) is 9.85. The molecule has 8 nitrogen and oxygen atoms in total. The SMILES string of the molecule is O=C(O)C1CSCN1C(=O)c1ccc([N+](=O)[O-])[nH]1. The minimum atomic E-state index is -1.07. The summed E-state index contributed by atoms with van der Waals surface area (Å²) < 4.78 is 0. The molecule has 18 heavy (non-hydrogen) atoms. The second kappa shape index (κ2) is 4.69. The van der Waals surface area contributed by atoms with Gasteiger partial charge in [-0.25, -0.2) is 9.78 Å². The molecule has 1 aliphatic heterocycles. The molecule has 2 rings (SSSR count). The van der Waals surface area contributed by atoms with Crippen molar-refractivity contribution in [2.45, 2.75) is 6.04 Å². The van der Waals surface area contributed by atoms with Crippen LogP contribution in [-0.2, 0) is 4.79 Å². The Kier molecular flexibility index (Phi) is 3.24. The molecule has 96 valence electrons. The molecular weight excluding hydrogens is 262 g/mol. The summed E-state index contributed by atoms with van der Waals surface area (Å²) in [6, 6.07) is 1.57. The number of carbonyl (C=O) groups excluding carboxylic acids is 1. The van der Waals surface area contributed by atoms with Crippen LogP contribution in [0.4, 0.5) is 5.82 Å². The van der Waals surface area contributed by atoms with Crippen LogP contribution in [0.15, 0.2) is 12.1 Å². The number of rotatable bonds is 3. The quantitative estimate of drug-likeness (QED) is 0.611. The molecule has 1 amide bonds. The van der Waals surface area contributed by atoms with E-state index in [9.17, 15) is 19.7 Å². The lowest BCUT2D eigenvalue weighted by Gasteiger charge is -2.18. The van der Waals surface area contributed by atoms with Crippen LogP contribution in [0.2, 0.25) is 0 Å². The van der Waals surface area contributed by atoms with Gasteiger partial charge in [-0.05, 0) is 11.0 Å². The van der Waals surface area contributed by atoms with E-state index in [0.29, 0.717) is 5.75 Å². The fourth-order valence-electron chi connectivity index (χ4n) is 1.62. The van der Waals surface area contributed by atoms with Crippen LogP contribution in [-0.4, -0.2) is 49.5 Å². The van der Waals surface area contributed by atoms with E-state index in [1.165, 1.54) is 28.8 Å². The number of aliphatic carboxylic acids is 1. The molecule has 2 heterocycles. The van der Waals surface area contributed by atoms with Crippen molar-refractivity contribution in [2.75, 3.05) is 11.6 Å². The normalized spacial score (nSPS) is 18.9. The van der Waals surface area contributed by atoms with Crippen molar-refractivity contribution in [1.82, 2.24) is 9.88 Å². The van der Waals surface area contributed by atoms with Crippen LogP contribution in [0.25, 0.3) is 0 Å². The maximum Gasteiger partial charge on any atom is 0.327 e. The lowest BCUT2D eigenvalue weighted by Crippen LogP contribution is -2.41. The third kappa shape index (κ3) is 2.16. The molecular formula is C9H9N3O5S. The molecule has 2 N–H and O–H groups in total. The average Bonchev–Trinajstić information content (AvgIpc) is 2.97. The molecule has 0 aliphatic carbocycles. The summed E-state index contributed by atoms with van der Waals surface area (Å²) in [7, 11) is 0. The molecule has 0 bridgehead atoms. The summed E-state index contributed by atoms with van der Waals surface area (Å²) in [5, 5.41) is 19.4. The second-order valence-corrected chi connectivity index (χ2v) is 4.64. The van der Waals surface area contributed by atoms with E-state index >= 15 is 0 Å². The van der Waals surface area contributed by atoms with Crippen LogP contribution >= 0.6 is 11.8 Å². The van der Waals surface area contributed by atoms with Gasteiger partial charge in [0, 0.05) is 11.8 Å². The molecule has 1 fully saturated rings. The van der Waals surface area contributed by atoms with Gasteiger partial charge in [-0.1, -0.05) is 0 Å². The zero-order valence-electron chi connectivity index (χ0n) is 9.03. The first-order valence-corrected chi connectivity index (χ1v) is 6.11. The Morgan fingerprint density at radius 1 is 1.56 bits per heavy atom. The van der Waals surface area contributed by atoms with Crippen LogP contribution in [0.3, 0.4) is 0 Å². The van der Waals surface area contributed by atoms with Crippen LogP contribution in [0.1, 0.15) is 10.5 Å². The smallest absolute Gasteiger partial charge is 0.327 e. The highest BCUT2D eigenvalue weighted by molar-refractivity contribution is 7.99. The lowest BCUT2D eigenvalue weighted by atomic mass is 10.2. The number of hydrogen-bond acceptors (Lipinski definition) is 5. The third-order valence-corrected chi connectivity index (χ3v) is 3.54. The van der Waals surface area contributed by atoms with E-state index in [1.54, 1.807) is 0 Å². The number of carboxylic acid groups (broad SMARTS) is 1. The zero-order chi connectivity index (χ0) is 13.3. The van der Waals surface area contributed by atoms with Crippen molar-refractivity contribution in [3.05, 3.63) is 27.9 Å². The number of nitro groups is 1. The molecule has 0 aromatic carbocycles. The number of carbonyl (C=O) groups is 2. The maximum atomic E-state index is 12.0. The summed E-state index contributed by atoms with van der Waals surface area (Å²) in [5.74, 6) is -1.32. The molecule has 1 aromatic rings. The van der Waals surface area contributed by atoms with Gasteiger partial charge in [0.1, 0.15) is 6.04 Å². The highest BCUT2D eigenvalue weighted by Crippen LogP contribution is 2.23. The summed E-state index contributed by atoms with van der Waals surface area (Å²) in [4.78, 5) is 36.3. The first-order chi connectivity index (χ1) is 8.50. The first-order valence-electron chi connectivity index (χ1n) is 4.95. The molecule has 0 saturated carbocycles. The molecule has 1 aromatic heterocycles. The number of carboxylic acids is 1. The number of aromatic amines is 1. The predicted octanol–water partition coefficient (Wildman–Crippen LogP) is 0.523. The summed E-state index contributed by atoms with van der Waals surface area (Å²) in [5.41, 5.74) is 0.0236. The average molecular weight is 271 g/mol. The van der Waals surface area contributed by atoms with Crippen molar-refractivity contribution in [2.24, 2.45) is 0 Å². The summed E-state index contributed by atoms with van der Waals surface area (Å²) in [6.45, 7) is 0. The van der Waals surface area contributed by atoms with Gasteiger partial charge in [-0.15, -0.1) is 11.8 Å². The van der Waals surface area contributed by atoms with Crippen molar-refractivity contribution < 1.29 is 19.6 Å². The first kappa shape index (κ1) is 12.4. The highest BCUT2D eigenvalue weighted by atomic mass is 32.2.